The first-order valence-corrected chi connectivity index (χ1v) is 14.4. The van der Waals surface area contributed by atoms with Gasteiger partial charge in [0, 0.05) is 12.5 Å². The highest BCUT2D eigenvalue weighted by molar-refractivity contribution is 7.51. The molecule has 2 heterocycles. The van der Waals surface area contributed by atoms with Gasteiger partial charge in [-0.1, -0.05) is 30.4 Å². The van der Waals surface area contributed by atoms with Gasteiger partial charge in [-0.25, -0.2) is 14.6 Å². The number of imidazole rings is 1. The van der Waals surface area contributed by atoms with Gasteiger partial charge in [0.25, 0.3) is 5.91 Å². The number of nitrogens with zero attached hydrogens (tertiary/aromatic N) is 5. The van der Waals surface area contributed by atoms with Gasteiger partial charge in [0.1, 0.15) is 6.04 Å². The van der Waals surface area contributed by atoms with Gasteiger partial charge in [-0.05, 0) is 44.2 Å². The lowest BCUT2D eigenvalue weighted by molar-refractivity contribution is -0.122. The minimum atomic E-state index is -4.42. The molecular formula is C25H33N8O5P. The lowest BCUT2D eigenvalue weighted by Crippen LogP contribution is -2.44. The van der Waals surface area contributed by atoms with E-state index in [1.54, 1.807) is 37.5 Å². The Morgan fingerprint density at radius 3 is 2.77 bits per heavy atom. The molecule has 5 rings (SSSR count). The molecule has 14 heteroatoms. The lowest BCUT2D eigenvalue weighted by Gasteiger charge is -2.28. The highest BCUT2D eigenvalue weighted by atomic mass is 31.2. The number of hydrogen-bond acceptors (Lipinski definition) is 10. The van der Waals surface area contributed by atoms with E-state index >= 15 is 0 Å². The molecule has 4 atom stereocenters. The van der Waals surface area contributed by atoms with Crippen LogP contribution in [0.2, 0.25) is 0 Å². The van der Waals surface area contributed by atoms with Gasteiger partial charge in [0.15, 0.2) is 17.0 Å². The first kappa shape index (κ1) is 27.1. The number of fused-ring (bicyclic) bond motifs is 1. The minimum Gasteiger partial charge on any atom is -0.368 e. The van der Waals surface area contributed by atoms with Crippen LogP contribution < -0.4 is 21.2 Å². The van der Waals surface area contributed by atoms with Crippen molar-refractivity contribution in [2.75, 3.05) is 36.4 Å². The maximum absolute atomic E-state index is 12.7. The molecule has 13 nitrogen and oxygen atoms in total. The Bertz CT molecular complexity index is 1400. The number of rotatable bonds is 12. The maximum atomic E-state index is 12.7. The molecule has 208 valence electrons. The lowest BCUT2D eigenvalue weighted by atomic mass is 10.1. The molecule has 39 heavy (non-hydrogen) atoms. The zero-order valence-electron chi connectivity index (χ0n) is 21.8. The second kappa shape index (κ2) is 11.3. The Labute approximate surface area is 226 Å². The summed E-state index contributed by atoms with van der Waals surface area (Å²) in [6.07, 6.45) is 8.61. The van der Waals surface area contributed by atoms with Crippen LogP contribution in [0, 0.1) is 11.8 Å². The zero-order valence-corrected chi connectivity index (χ0v) is 22.7. The molecule has 1 amide bonds. The first-order valence-electron chi connectivity index (χ1n) is 12.8. The Balaban J connectivity index is 1.17. The van der Waals surface area contributed by atoms with Crippen molar-refractivity contribution in [1.82, 2.24) is 24.6 Å². The number of allylic oxidation sites excluding steroid dienone is 1. The van der Waals surface area contributed by atoms with Crippen molar-refractivity contribution in [2.24, 2.45) is 11.8 Å². The van der Waals surface area contributed by atoms with E-state index in [1.807, 2.05) is 22.8 Å². The van der Waals surface area contributed by atoms with Crippen LogP contribution in [0.3, 0.4) is 0 Å². The smallest absolute Gasteiger partial charge is 0.368 e. The van der Waals surface area contributed by atoms with Crippen LogP contribution in [0.1, 0.15) is 32.2 Å². The monoisotopic (exact) mass is 556 g/mol. The van der Waals surface area contributed by atoms with E-state index in [-0.39, 0.29) is 24.5 Å². The predicted molar refractivity (Wildman–Crippen MR) is 147 cm³/mol. The van der Waals surface area contributed by atoms with Crippen molar-refractivity contribution < 1.29 is 23.6 Å². The normalized spacial score (nSPS) is 21.0. The Morgan fingerprint density at radius 2 is 2.05 bits per heavy atom. The van der Waals surface area contributed by atoms with Gasteiger partial charge >= 0.3 is 7.75 Å². The fourth-order valence-electron chi connectivity index (χ4n) is 4.58. The molecule has 1 aromatic carbocycles. The van der Waals surface area contributed by atoms with Crippen LogP contribution in [-0.2, 0) is 18.7 Å². The quantitative estimate of drug-likeness (QED) is 0.147. The number of hydrogen-bond donors (Lipinski definition) is 4. The molecule has 2 aliphatic rings. The van der Waals surface area contributed by atoms with Crippen LogP contribution in [0.5, 0.6) is 0 Å². The fraction of sp³-hybridized carbons (Fsp3) is 0.440. The molecule has 2 aromatic heterocycles. The summed E-state index contributed by atoms with van der Waals surface area (Å²) in [5.41, 5.74) is 7.87. The number of anilines is 3. The van der Waals surface area contributed by atoms with E-state index in [1.165, 1.54) is 25.0 Å². The van der Waals surface area contributed by atoms with Gasteiger partial charge < -0.3 is 20.5 Å². The molecule has 0 saturated heterocycles. The summed E-state index contributed by atoms with van der Waals surface area (Å²) in [4.78, 5) is 41.6. The average Bonchev–Trinajstić information content (AvgIpc) is 3.46. The standard InChI is InChI=1S/C25H33N8O5P/c1-16(33(37-2)19-6-4-3-5-7-19)24(34)31-39(35,36)38-14-18-10-11-20(12-18)32-15-28-21-22(27-13-17-8-9-17)29-25(26)30-23(21)32/h3-7,10-11,15-18,20H,8-9,12-14H2,1-2H3,(H3,26,27,29,30)(H2,31,34,35,36)/t16-,18+,20-/m0/s1. The fourth-order valence-corrected chi connectivity index (χ4v) is 5.50. The Hall–Kier alpha value is -3.51. The molecular weight excluding hydrogens is 523 g/mol. The van der Waals surface area contributed by atoms with Crippen LogP contribution >= 0.6 is 7.75 Å². The number of para-hydroxylation sites is 1. The molecule has 1 unspecified atom stereocenters. The third-order valence-electron chi connectivity index (χ3n) is 6.85. The number of nitrogens with one attached hydrogen (secondary N) is 2. The van der Waals surface area contributed by atoms with E-state index in [9.17, 15) is 14.3 Å². The van der Waals surface area contributed by atoms with Crippen LogP contribution in [0.4, 0.5) is 17.5 Å². The number of amides is 1. The molecule has 0 aliphatic heterocycles. The van der Waals surface area contributed by atoms with E-state index in [0.29, 0.717) is 35.0 Å². The molecule has 0 bridgehead atoms. The van der Waals surface area contributed by atoms with E-state index in [0.717, 1.165) is 6.54 Å². The summed E-state index contributed by atoms with van der Waals surface area (Å²) in [7, 11) is -3.00. The average molecular weight is 557 g/mol. The number of carbonyl (C=O) groups is 1. The minimum absolute atomic E-state index is 0.0555. The largest absolute Gasteiger partial charge is 0.432 e. The summed E-state index contributed by atoms with van der Waals surface area (Å²) < 4.78 is 19.9. The summed E-state index contributed by atoms with van der Waals surface area (Å²) in [5, 5.41) is 6.80. The Morgan fingerprint density at radius 1 is 1.28 bits per heavy atom. The molecule has 0 radical (unpaired) electrons. The highest BCUT2D eigenvalue weighted by Crippen LogP contribution is 2.40. The number of benzene rings is 1. The van der Waals surface area contributed by atoms with Crippen molar-refractivity contribution in [1.29, 1.82) is 0 Å². The van der Waals surface area contributed by atoms with Gasteiger partial charge in [0.2, 0.25) is 5.95 Å². The van der Waals surface area contributed by atoms with Crippen molar-refractivity contribution in [3.8, 4) is 0 Å². The second-order valence-corrected chi connectivity index (χ2v) is 11.4. The van der Waals surface area contributed by atoms with Crippen molar-refractivity contribution in [3.63, 3.8) is 0 Å². The van der Waals surface area contributed by atoms with Crippen LogP contribution in [0.15, 0.2) is 48.8 Å². The molecule has 1 fully saturated rings. The number of hydroxylamine groups is 1. The first-order chi connectivity index (χ1) is 18.7. The number of aromatic nitrogens is 4. The van der Waals surface area contributed by atoms with E-state index in [4.69, 9.17) is 15.1 Å². The van der Waals surface area contributed by atoms with Gasteiger partial charge in [-0.2, -0.15) is 9.97 Å². The van der Waals surface area contributed by atoms with Gasteiger partial charge in [-0.15, -0.1) is 0 Å². The van der Waals surface area contributed by atoms with E-state index in [2.05, 4.69) is 25.4 Å². The third kappa shape index (κ3) is 6.39. The van der Waals surface area contributed by atoms with Crippen molar-refractivity contribution in [2.45, 2.75) is 38.3 Å². The molecule has 3 aromatic rings. The van der Waals surface area contributed by atoms with Crippen LogP contribution in [0.25, 0.3) is 11.2 Å². The van der Waals surface area contributed by atoms with Gasteiger partial charge in [0.05, 0.1) is 31.8 Å². The molecule has 0 spiro atoms. The third-order valence-corrected chi connectivity index (χ3v) is 7.86. The number of nitrogens with two attached hydrogens (primary N) is 1. The van der Waals surface area contributed by atoms with Gasteiger partial charge in [-0.3, -0.25) is 19.2 Å². The maximum Gasteiger partial charge on any atom is 0.432 e. The SMILES string of the molecule is CON(c1ccccc1)[C@@H](C)C(=O)NP(=O)(O)OC[C@@H]1C=C[C@H](n2cnc3c(NCC4CC4)nc(N)nc32)C1. The number of nitrogen functional groups attached to an aromatic ring is 1. The Kier molecular flexibility index (Phi) is 7.85. The predicted octanol–water partition coefficient (Wildman–Crippen LogP) is 3.04. The van der Waals surface area contributed by atoms with Crippen LogP contribution in [-0.4, -0.2) is 56.6 Å². The number of carbonyl (C=O) groups excluding carboxylic acids is 1. The second-order valence-electron chi connectivity index (χ2n) is 9.84. The summed E-state index contributed by atoms with van der Waals surface area (Å²) in [6, 6.07) is 7.99. The van der Waals surface area contributed by atoms with E-state index < -0.39 is 19.7 Å². The molecule has 5 N–H and O–H groups in total. The zero-order chi connectivity index (χ0) is 27.6. The summed E-state index contributed by atoms with van der Waals surface area (Å²) in [5.74, 6) is 0.578. The molecule has 1 saturated carbocycles. The topological polar surface area (TPSA) is 170 Å². The van der Waals surface area contributed by atoms with Crippen molar-refractivity contribution in [3.05, 3.63) is 48.8 Å². The summed E-state index contributed by atoms with van der Waals surface area (Å²) in [6.45, 7) is 2.34. The summed E-state index contributed by atoms with van der Waals surface area (Å²) >= 11 is 0. The van der Waals surface area contributed by atoms with Crippen molar-refractivity contribution >= 4 is 42.3 Å². The highest BCUT2D eigenvalue weighted by Gasteiger charge is 2.32. The molecule has 2 aliphatic carbocycles.